The lowest BCUT2D eigenvalue weighted by Gasteiger charge is -2.24. The maximum atomic E-state index is 5.89. The van der Waals surface area contributed by atoms with Crippen molar-refractivity contribution in [1.29, 1.82) is 0 Å². The second-order valence-corrected chi connectivity index (χ2v) is 6.94. The Kier molecular flexibility index (Phi) is 4.96. The molecule has 0 fully saturated rings. The number of thiocarbonyl (C=S) groups is 1. The molecule has 2 aromatic rings. The Labute approximate surface area is 135 Å². The van der Waals surface area contributed by atoms with Crippen molar-refractivity contribution in [2.45, 2.75) is 33.7 Å². The Bertz CT molecular complexity index is 633. The number of rotatable bonds is 5. The van der Waals surface area contributed by atoms with Gasteiger partial charge in [0.1, 0.15) is 4.99 Å². The molecule has 112 valence electrons. The Morgan fingerprint density at radius 1 is 1.38 bits per heavy atom. The molecule has 0 saturated carbocycles. The number of hydrogen-bond donors (Lipinski definition) is 2. The lowest BCUT2D eigenvalue weighted by molar-refractivity contribution is 0.553. The van der Waals surface area contributed by atoms with E-state index in [-0.39, 0.29) is 6.04 Å². The highest BCUT2D eigenvalue weighted by atomic mass is 32.1. The molecule has 5 heteroatoms. The van der Waals surface area contributed by atoms with Gasteiger partial charge in [0.15, 0.2) is 0 Å². The van der Waals surface area contributed by atoms with Crippen LogP contribution in [0.3, 0.4) is 0 Å². The van der Waals surface area contributed by atoms with Crippen LogP contribution in [0.4, 0.5) is 5.69 Å². The molecule has 0 aliphatic rings. The highest BCUT2D eigenvalue weighted by Gasteiger charge is 2.20. The number of pyridine rings is 1. The quantitative estimate of drug-likeness (QED) is 0.811. The van der Waals surface area contributed by atoms with Gasteiger partial charge >= 0.3 is 0 Å². The van der Waals surface area contributed by atoms with E-state index in [1.165, 1.54) is 4.88 Å². The zero-order valence-corrected chi connectivity index (χ0v) is 14.4. The molecule has 0 radical (unpaired) electrons. The fourth-order valence-corrected chi connectivity index (χ4v) is 3.66. The van der Waals surface area contributed by atoms with E-state index < -0.39 is 0 Å². The standard InChI is InChI=1S/C16H21N3S2/c1-9(2)15(13-6-5-7-21-13)19-12-8-10(3)18-11(4)14(12)16(17)20/h5-9,15H,1-4H3,(H2,17,20)(H,18,19). The van der Waals surface area contributed by atoms with Crippen LogP contribution in [-0.2, 0) is 0 Å². The van der Waals surface area contributed by atoms with Crippen molar-refractivity contribution in [1.82, 2.24) is 4.98 Å². The molecular weight excluding hydrogens is 298 g/mol. The van der Waals surface area contributed by atoms with Crippen LogP contribution < -0.4 is 11.1 Å². The van der Waals surface area contributed by atoms with Gasteiger partial charge in [-0.2, -0.15) is 0 Å². The van der Waals surface area contributed by atoms with Gasteiger partial charge in [0, 0.05) is 22.0 Å². The van der Waals surface area contributed by atoms with E-state index in [2.05, 4.69) is 41.7 Å². The SMILES string of the molecule is Cc1cc(NC(c2cccs2)C(C)C)c(C(N)=S)c(C)n1. The topological polar surface area (TPSA) is 50.9 Å². The van der Waals surface area contributed by atoms with Gasteiger partial charge in [-0.15, -0.1) is 11.3 Å². The van der Waals surface area contributed by atoms with E-state index in [1.54, 1.807) is 11.3 Å². The Hall–Kier alpha value is -1.46. The number of aryl methyl sites for hydroxylation is 2. The van der Waals surface area contributed by atoms with Crippen molar-refractivity contribution in [2.24, 2.45) is 11.7 Å². The number of nitrogens with one attached hydrogen (secondary N) is 1. The summed E-state index contributed by atoms with van der Waals surface area (Å²) in [7, 11) is 0. The third kappa shape index (κ3) is 3.60. The summed E-state index contributed by atoms with van der Waals surface area (Å²) in [5.74, 6) is 0.455. The van der Waals surface area contributed by atoms with Crippen molar-refractivity contribution in [3.8, 4) is 0 Å². The van der Waals surface area contributed by atoms with Crippen LogP contribution in [0.2, 0.25) is 0 Å². The zero-order chi connectivity index (χ0) is 15.6. The molecule has 21 heavy (non-hydrogen) atoms. The van der Waals surface area contributed by atoms with E-state index in [0.29, 0.717) is 10.9 Å². The normalized spacial score (nSPS) is 12.4. The molecule has 0 aliphatic carbocycles. The number of nitrogens with two attached hydrogens (primary N) is 1. The van der Waals surface area contributed by atoms with Gasteiger partial charge < -0.3 is 11.1 Å². The second-order valence-electron chi connectivity index (χ2n) is 5.52. The molecule has 0 aromatic carbocycles. The van der Waals surface area contributed by atoms with E-state index >= 15 is 0 Å². The van der Waals surface area contributed by atoms with Gasteiger partial charge in [-0.1, -0.05) is 32.1 Å². The van der Waals surface area contributed by atoms with Gasteiger partial charge in [0.05, 0.1) is 11.6 Å². The van der Waals surface area contributed by atoms with Crippen LogP contribution in [-0.4, -0.2) is 9.97 Å². The van der Waals surface area contributed by atoms with Gasteiger partial charge in [0.2, 0.25) is 0 Å². The van der Waals surface area contributed by atoms with Crippen LogP contribution in [0.25, 0.3) is 0 Å². The molecule has 1 atom stereocenters. The average molecular weight is 319 g/mol. The molecule has 1 unspecified atom stereocenters. The Morgan fingerprint density at radius 2 is 2.10 bits per heavy atom. The molecule has 0 amide bonds. The summed E-state index contributed by atoms with van der Waals surface area (Å²) in [6.07, 6.45) is 0. The number of anilines is 1. The Morgan fingerprint density at radius 3 is 2.62 bits per heavy atom. The first-order chi connectivity index (χ1) is 9.90. The van der Waals surface area contributed by atoms with Gasteiger partial charge in [0.25, 0.3) is 0 Å². The maximum Gasteiger partial charge on any atom is 0.107 e. The molecule has 2 rings (SSSR count). The minimum absolute atomic E-state index is 0.235. The van der Waals surface area contributed by atoms with Crippen molar-refractivity contribution in [3.05, 3.63) is 45.4 Å². The summed E-state index contributed by atoms with van der Waals surface area (Å²) in [4.78, 5) is 6.16. The number of aromatic nitrogens is 1. The van der Waals surface area contributed by atoms with E-state index in [1.807, 2.05) is 19.9 Å². The monoisotopic (exact) mass is 319 g/mol. The molecule has 0 bridgehead atoms. The number of thiophene rings is 1. The predicted molar refractivity (Wildman–Crippen MR) is 95.1 cm³/mol. The molecule has 3 nitrogen and oxygen atoms in total. The van der Waals surface area contributed by atoms with Crippen LogP contribution in [0.15, 0.2) is 23.6 Å². The number of nitrogens with zero attached hydrogens (tertiary/aromatic N) is 1. The largest absolute Gasteiger partial charge is 0.389 e. The first-order valence-electron chi connectivity index (χ1n) is 6.98. The summed E-state index contributed by atoms with van der Waals surface area (Å²) in [5, 5.41) is 5.72. The first kappa shape index (κ1) is 15.9. The van der Waals surface area contributed by atoms with E-state index in [9.17, 15) is 0 Å². The highest BCUT2D eigenvalue weighted by Crippen LogP contribution is 2.31. The minimum atomic E-state index is 0.235. The molecule has 0 spiro atoms. The van der Waals surface area contributed by atoms with Crippen LogP contribution >= 0.6 is 23.6 Å². The van der Waals surface area contributed by atoms with Crippen LogP contribution in [0.1, 0.15) is 41.7 Å². The molecule has 3 N–H and O–H groups in total. The maximum absolute atomic E-state index is 5.89. The van der Waals surface area contributed by atoms with Crippen molar-refractivity contribution >= 4 is 34.2 Å². The van der Waals surface area contributed by atoms with Crippen molar-refractivity contribution in [3.63, 3.8) is 0 Å². The fraction of sp³-hybridized carbons (Fsp3) is 0.375. The van der Waals surface area contributed by atoms with Crippen molar-refractivity contribution in [2.75, 3.05) is 5.32 Å². The first-order valence-corrected chi connectivity index (χ1v) is 8.27. The predicted octanol–water partition coefficient (Wildman–Crippen LogP) is 4.20. The number of hydrogen-bond acceptors (Lipinski definition) is 4. The summed E-state index contributed by atoms with van der Waals surface area (Å²) < 4.78 is 0. The molecule has 0 aliphatic heterocycles. The third-order valence-corrected chi connectivity index (χ3v) is 4.56. The van der Waals surface area contributed by atoms with E-state index in [4.69, 9.17) is 18.0 Å². The van der Waals surface area contributed by atoms with Crippen molar-refractivity contribution < 1.29 is 0 Å². The summed E-state index contributed by atoms with van der Waals surface area (Å²) >= 11 is 6.96. The summed E-state index contributed by atoms with van der Waals surface area (Å²) in [5.41, 5.74) is 9.54. The van der Waals surface area contributed by atoms with Gasteiger partial charge in [-0.25, -0.2) is 0 Å². The third-order valence-electron chi connectivity index (χ3n) is 3.40. The zero-order valence-electron chi connectivity index (χ0n) is 12.8. The smallest absolute Gasteiger partial charge is 0.107 e. The summed E-state index contributed by atoms with van der Waals surface area (Å²) in [6, 6.07) is 6.49. The molecule has 2 heterocycles. The van der Waals surface area contributed by atoms with Gasteiger partial charge in [-0.3, -0.25) is 4.98 Å². The second kappa shape index (κ2) is 6.54. The highest BCUT2D eigenvalue weighted by molar-refractivity contribution is 7.80. The average Bonchev–Trinajstić information content (AvgIpc) is 2.87. The molecule has 2 aromatic heterocycles. The minimum Gasteiger partial charge on any atom is -0.389 e. The summed E-state index contributed by atoms with van der Waals surface area (Å²) in [6.45, 7) is 8.34. The Balaban J connectivity index is 2.44. The van der Waals surface area contributed by atoms with Crippen LogP contribution in [0, 0.1) is 19.8 Å². The lowest BCUT2D eigenvalue weighted by Crippen LogP contribution is -2.21. The molecular formula is C16H21N3S2. The van der Waals surface area contributed by atoms with Crippen LogP contribution in [0.5, 0.6) is 0 Å². The molecule has 0 saturated heterocycles. The fourth-order valence-electron chi connectivity index (χ4n) is 2.46. The van der Waals surface area contributed by atoms with E-state index in [0.717, 1.165) is 22.6 Å². The lowest BCUT2D eigenvalue weighted by atomic mass is 10.0. The van der Waals surface area contributed by atoms with Gasteiger partial charge in [-0.05, 0) is 37.3 Å².